The predicted octanol–water partition coefficient (Wildman–Crippen LogP) is -0.704. The summed E-state index contributed by atoms with van der Waals surface area (Å²) in [5, 5.41) is 7.58. The minimum Gasteiger partial charge on any atom is -0.447 e. The van der Waals surface area contributed by atoms with Crippen LogP contribution in [0, 0.1) is 5.92 Å². The van der Waals surface area contributed by atoms with Gasteiger partial charge in [0.1, 0.15) is 12.6 Å². The molecule has 0 fully saturated rings. The van der Waals surface area contributed by atoms with Crippen molar-refractivity contribution in [2.24, 2.45) is 5.92 Å². The molecule has 3 amide bonds. The van der Waals surface area contributed by atoms with E-state index in [0.29, 0.717) is 32.3 Å². The maximum atomic E-state index is 12.3. The van der Waals surface area contributed by atoms with Gasteiger partial charge >= 0.3 is 6.09 Å². The Balaban J connectivity index is 4.37. The molecule has 1 unspecified atom stereocenters. The van der Waals surface area contributed by atoms with Gasteiger partial charge in [-0.15, -0.1) is 0 Å². The number of carbonyl (C=O) groups excluding carboxylic acids is 3. The van der Waals surface area contributed by atoms with Crippen LogP contribution in [0.3, 0.4) is 0 Å². The van der Waals surface area contributed by atoms with Gasteiger partial charge in [-0.2, -0.15) is 0 Å². The Morgan fingerprint density at radius 1 is 0.828 bits per heavy atom. The van der Waals surface area contributed by atoms with E-state index < -0.39 is 18.0 Å². The SMILES string of the molecule is COCCOCCOC(=O)NC(COCCOC)C(=O)NCC(=O)NCC(C)C. The number of rotatable bonds is 17. The van der Waals surface area contributed by atoms with Crippen LogP contribution < -0.4 is 16.0 Å². The van der Waals surface area contributed by atoms with Crippen molar-refractivity contribution in [2.45, 2.75) is 19.9 Å². The van der Waals surface area contributed by atoms with Gasteiger partial charge < -0.3 is 39.6 Å². The van der Waals surface area contributed by atoms with Gasteiger partial charge in [-0.3, -0.25) is 9.59 Å². The van der Waals surface area contributed by atoms with Crippen molar-refractivity contribution in [3.63, 3.8) is 0 Å². The first-order valence-electron chi connectivity index (χ1n) is 9.51. The fourth-order valence-corrected chi connectivity index (χ4v) is 1.82. The second-order valence-electron chi connectivity index (χ2n) is 6.42. The Labute approximate surface area is 172 Å². The van der Waals surface area contributed by atoms with Crippen LogP contribution in [-0.2, 0) is 33.3 Å². The topological polar surface area (TPSA) is 133 Å². The number of amides is 3. The first-order valence-corrected chi connectivity index (χ1v) is 9.51. The Kier molecular flexibility index (Phi) is 16.9. The molecule has 1 atom stereocenters. The lowest BCUT2D eigenvalue weighted by Gasteiger charge is -2.18. The number of ether oxygens (including phenoxy) is 5. The van der Waals surface area contributed by atoms with Gasteiger partial charge in [-0.25, -0.2) is 4.79 Å². The monoisotopic (exact) mass is 421 g/mol. The highest BCUT2D eigenvalue weighted by atomic mass is 16.6. The molecule has 0 aliphatic carbocycles. The number of methoxy groups -OCH3 is 2. The minimum atomic E-state index is -1.02. The van der Waals surface area contributed by atoms with Crippen molar-refractivity contribution in [1.82, 2.24) is 16.0 Å². The zero-order chi connectivity index (χ0) is 21.9. The lowest BCUT2D eigenvalue weighted by Crippen LogP contribution is -2.51. The smallest absolute Gasteiger partial charge is 0.407 e. The van der Waals surface area contributed by atoms with Crippen molar-refractivity contribution in [1.29, 1.82) is 0 Å². The summed E-state index contributed by atoms with van der Waals surface area (Å²) < 4.78 is 25.2. The van der Waals surface area contributed by atoms with Crippen molar-refractivity contribution in [2.75, 3.05) is 73.6 Å². The van der Waals surface area contributed by atoms with Crippen molar-refractivity contribution in [3.8, 4) is 0 Å². The minimum absolute atomic E-state index is 0.0199. The molecule has 0 aromatic heterocycles. The highest BCUT2D eigenvalue weighted by Gasteiger charge is 2.22. The normalized spacial score (nSPS) is 11.8. The third-order valence-corrected chi connectivity index (χ3v) is 3.35. The molecule has 11 nitrogen and oxygen atoms in total. The van der Waals surface area contributed by atoms with E-state index in [1.54, 1.807) is 7.11 Å². The average Bonchev–Trinajstić information content (AvgIpc) is 2.69. The summed E-state index contributed by atoms with van der Waals surface area (Å²) in [6.45, 7) is 5.78. The van der Waals surface area contributed by atoms with Gasteiger partial charge in [0.25, 0.3) is 0 Å². The molecule has 0 aromatic rings. The molecule has 0 rings (SSSR count). The molecule has 0 aliphatic rings. The summed E-state index contributed by atoms with van der Waals surface area (Å²) in [5.74, 6) is -0.580. The third kappa shape index (κ3) is 16.7. The lowest BCUT2D eigenvalue weighted by atomic mass is 10.2. The molecule has 0 spiro atoms. The van der Waals surface area contributed by atoms with Gasteiger partial charge in [0.15, 0.2) is 0 Å². The van der Waals surface area contributed by atoms with Crippen LogP contribution in [0.5, 0.6) is 0 Å². The fraction of sp³-hybridized carbons (Fsp3) is 0.833. The zero-order valence-corrected chi connectivity index (χ0v) is 17.8. The quantitative estimate of drug-likeness (QED) is 0.263. The van der Waals surface area contributed by atoms with Gasteiger partial charge in [0.2, 0.25) is 11.8 Å². The fourth-order valence-electron chi connectivity index (χ4n) is 1.82. The zero-order valence-electron chi connectivity index (χ0n) is 17.8. The van der Waals surface area contributed by atoms with Crippen LogP contribution in [0.25, 0.3) is 0 Å². The van der Waals surface area contributed by atoms with Crippen LogP contribution in [0.2, 0.25) is 0 Å². The summed E-state index contributed by atoms with van der Waals surface area (Å²) in [6.07, 6.45) is -0.792. The summed E-state index contributed by atoms with van der Waals surface area (Å²) >= 11 is 0. The van der Waals surface area contributed by atoms with E-state index in [-0.39, 0.29) is 38.9 Å². The summed E-state index contributed by atoms with van der Waals surface area (Å²) in [4.78, 5) is 36.0. The Hall–Kier alpha value is -1.95. The van der Waals surface area contributed by atoms with Crippen molar-refractivity contribution >= 4 is 17.9 Å². The van der Waals surface area contributed by atoms with Crippen LogP contribution in [0.15, 0.2) is 0 Å². The second-order valence-corrected chi connectivity index (χ2v) is 6.42. The van der Waals surface area contributed by atoms with E-state index in [4.69, 9.17) is 23.7 Å². The lowest BCUT2D eigenvalue weighted by molar-refractivity contribution is -0.128. The number of hydrogen-bond acceptors (Lipinski definition) is 8. The van der Waals surface area contributed by atoms with Crippen LogP contribution in [-0.4, -0.2) is 97.5 Å². The summed E-state index contributed by atoms with van der Waals surface area (Å²) in [7, 11) is 3.08. The first-order chi connectivity index (χ1) is 13.9. The van der Waals surface area contributed by atoms with Crippen LogP contribution >= 0.6 is 0 Å². The maximum Gasteiger partial charge on any atom is 0.407 e. The van der Waals surface area contributed by atoms with E-state index in [0.717, 1.165) is 0 Å². The molecule has 3 N–H and O–H groups in total. The Morgan fingerprint density at radius 3 is 2.07 bits per heavy atom. The standard InChI is InChI=1S/C18H35N3O8/c1-14(2)11-19-16(22)12-20-17(23)15(13-28-8-6-26-4)21-18(24)29-10-9-27-7-5-25-3/h14-15H,5-13H2,1-4H3,(H,19,22)(H,20,23)(H,21,24). The molecule has 0 bridgehead atoms. The molecule has 0 saturated heterocycles. The van der Waals surface area contributed by atoms with Crippen molar-refractivity contribution < 1.29 is 38.1 Å². The molecule has 11 heteroatoms. The Bertz CT molecular complexity index is 462. The highest BCUT2D eigenvalue weighted by Crippen LogP contribution is 1.92. The van der Waals surface area contributed by atoms with Crippen molar-refractivity contribution in [3.05, 3.63) is 0 Å². The third-order valence-electron chi connectivity index (χ3n) is 3.35. The van der Waals surface area contributed by atoms with Crippen LogP contribution in [0.4, 0.5) is 4.79 Å². The molecule has 170 valence electrons. The molecular weight excluding hydrogens is 386 g/mol. The number of carbonyl (C=O) groups is 3. The summed E-state index contributed by atoms with van der Waals surface area (Å²) in [5.41, 5.74) is 0. The average molecular weight is 421 g/mol. The second kappa shape index (κ2) is 18.1. The Morgan fingerprint density at radius 2 is 1.45 bits per heavy atom. The van der Waals surface area contributed by atoms with E-state index in [1.807, 2.05) is 13.8 Å². The van der Waals surface area contributed by atoms with E-state index in [9.17, 15) is 14.4 Å². The maximum absolute atomic E-state index is 12.3. The van der Waals surface area contributed by atoms with Gasteiger partial charge in [0, 0.05) is 20.8 Å². The van der Waals surface area contributed by atoms with Gasteiger partial charge in [-0.1, -0.05) is 13.8 Å². The highest BCUT2D eigenvalue weighted by molar-refractivity contribution is 5.89. The molecule has 29 heavy (non-hydrogen) atoms. The summed E-state index contributed by atoms with van der Waals surface area (Å²) in [6, 6.07) is -1.02. The van der Waals surface area contributed by atoms with E-state index in [2.05, 4.69) is 16.0 Å². The molecule has 0 heterocycles. The molecular formula is C18H35N3O8. The molecule has 0 radical (unpaired) electrons. The van der Waals surface area contributed by atoms with Gasteiger partial charge in [-0.05, 0) is 5.92 Å². The number of nitrogens with one attached hydrogen (secondary N) is 3. The predicted molar refractivity (Wildman–Crippen MR) is 105 cm³/mol. The van der Waals surface area contributed by atoms with Gasteiger partial charge in [0.05, 0.1) is 46.2 Å². The van der Waals surface area contributed by atoms with E-state index >= 15 is 0 Å². The molecule has 0 aromatic carbocycles. The number of alkyl carbamates (subject to hydrolysis) is 1. The van der Waals surface area contributed by atoms with E-state index in [1.165, 1.54) is 7.11 Å². The molecule has 0 aliphatic heterocycles. The largest absolute Gasteiger partial charge is 0.447 e. The first kappa shape index (κ1) is 27.0. The number of hydrogen-bond donors (Lipinski definition) is 3. The van der Waals surface area contributed by atoms with Crippen LogP contribution in [0.1, 0.15) is 13.8 Å². The molecule has 0 saturated carbocycles.